The van der Waals surface area contributed by atoms with Gasteiger partial charge in [0, 0.05) is 13.1 Å². The Hall–Kier alpha value is -1.36. The second-order valence-electron chi connectivity index (χ2n) is 6.58. The Morgan fingerprint density at radius 3 is 2.59 bits per heavy atom. The molecule has 0 spiro atoms. The lowest BCUT2D eigenvalue weighted by atomic mass is 9.96. The zero-order valence-corrected chi connectivity index (χ0v) is 14.6. The topological polar surface area (TPSA) is 54.5 Å². The first-order valence-electron chi connectivity index (χ1n) is 7.75. The monoisotopic (exact) mass is 323 g/mol. The van der Waals surface area contributed by atoms with Crippen LogP contribution in [0.15, 0.2) is 18.2 Å². The molecule has 0 aliphatic carbocycles. The maximum absolute atomic E-state index is 12.5. The molecule has 5 heteroatoms. The van der Waals surface area contributed by atoms with Crippen LogP contribution in [-0.2, 0) is 21.1 Å². The Labute approximate surface area is 133 Å². The summed E-state index contributed by atoms with van der Waals surface area (Å²) in [6.45, 7) is 6.27. The first-order chi connectivity index (χ1) is 10.2. The summed E-state index contributed by atoms with van der Waals surface area (Å²) in [6, 6.07) is 6.07. The van der Waals surface area contributed by atoms with Gasteiger partial charge in [0.1, 0.15) is 0 Å². The zero-order valence-electron chi connectivity index (χ0n) is 13.8. The molecule has 1 saturated heterocycles. The maximum atomic E-state index is 12.5. The summed E-state index contributed by atoms with van der Waals surface area (Å²) in [7, 11) is -1.25. The van der Waals surface area contributed by atoms with Crippen LogP contribution in [0.25, 0.3) is 0 Å². The summed E-state index contributed by atoms with van der Waals surface area (Å²) in [5.74, 6) is 0.704. The highest BCUT2D eigenvalue weighted by atomic mass is 32.2. The van der Waals surface area contributed by atoms with Crippen molar-refractivity contribution in [2.24, 2.45) is 0 Å². The molecule has 1 heterocycles. The number of nitrogens with zero attached hydrogens (tertiary/aromatic N) is 1. The van der Waals surface area contributed by atoms with Crippen LogP contribution in [-0.4, -0.2) is 43.8 Å². The van der Waals surface area contributed by atoms with E-state index in [2.05, 4.69) is 32.0 Å². The van der Waals surface area contributed by atoms with Gasteiger partial charge >= 0.3 is 0 Å². The predicted molar refractivity (Wildman–Crippen MR) is 88.8 cm³/mol. The van der Waals surface area contributed by atoms with Gasteiger partial charge < -0.3 is 4.90 Å². The van der Waals surface area contributed by atoms with Crippen LogP contribution in [0.1, 0.15) is 42.9 Å². The van der Waals surface area contributed by atoms with Gasteiger partial charge in [0.25, 0.3) is 0 Å². The van der Waals surface area contributed by atoms with Crippen molar-refractivity contribution in [3.05, 3.63) is 34.9 Å². The molecule has 0 aromatic heterocycles. The van der Waals surface area contributed by atoms with Gasteiger partial charge in [-0.05, 0) is 36.0 Å². The van der Waals surface area contributed by atoms with Crippen LogP contribution in [0.5, 0.6) is 0 Å². The molecule has 1 fully saturated rings. The Balaban J connectivity index is 2.10. The Kier molecular flexibility index (Phi) is 4.95. The van der Waals surface area contributed by atoms with Crippen molar-refractivity contribution in [3.8, 4) is 0 Å². The number of hydrogen-bond acceptors (Lipinski definition) is 3. The quantitative estimate of drug-likeness (QED) is 0.854. The largest absolute Gasteiger partial charge is 0.341 e. The normalized spacial score (nSPS) is 20.3. The van der Waals surface area contributed by atoms with Crippen molar-refractivity contribution in [2.45, 2.75) is 45.6 Å². The molecule has 0 N–H and O–H groups in total. The molecule has 0 bridgehead atoms. The predicted octanol–water partition coefficient (Wildman–Crippen LogP) is 2.31. The van der Waals surface area contributed by atoms with Gasteiger partial charge in [0.2, 0.25) is 5.91 Å². The zero-order chi connectivity index (χ0) is 16.5. The lowest BCUT2D eigenvalue weighted by Crippen LogP contribution is -2.38. The van der Waals surface area contributed by atoms with Crippen molar-refractivity contribution in [3.63, 3.8) is 0 Å². The molecule has 1 atom stereocenters. The molecule has 0 saturated carbocycles. The number of hydrogen-bond donors (Lipinski definition) is 0. The third-order valence-corrected chi connectivity index (χ3v) is 6.28. The number of carbonyl (C=O) groups is 1. The van der Waals surface area contributed by atoms with Gasteiger partial charge in [-0.1, -0.05) is 32.0 Å². The summed E-state index contributed by atoms with van der Waals surface area (Å²) in [5, 5.41) is 0. The van der Waals surface area contributed by atoms with E-state index in [1.165, 1.54) is 5.56 Å². The van der Waals surface area contributed by atoms with Crippen LogP contribution in [0.2, 0.25) is 0 Å². The highest BCUT2D eigenvalue weighted by Gasteiger charge is 2.32. The average Bonchev–Trinajstić information content (AvgIpc) is 2.80. The van der Waals surface area contributed by atoms with E-state index in [1.54, 1.807) is 11.9 Å². The molecule has 1 aliphatic heterocycles. The van der Waals surface area contributed by atoms with Crippen molar-refractivity contribution < 1.29 is 13.2 Å². The number of aryl methyl sites for hydroxylation is 1. The summed E-state index contributed by atoms with van der Waals surface area (Å²) in [4.78, 5) is 14.1. The van der Waals surface area contributed by atoms with Crippen LogP contribution in [0.3, 0.4) is 0 Å². The highest BCUT2D eigenvalue weighted by molar-refractivity contribution is 7.91. The third-order valence-electron chi connectivity index (χ3n) is 4.53. The van der Waals surface area contributed by atoms with Gasteiger partial charge in [-0.25, -0.2) is 8.42 Å². The van der Waals surface area contributed by atoms with E-state index in [4.69, 9.17) is 0 Å². The molecule has 1 aromatic rings. The summed E-state index contributed by atoms with van der Waals surface area (Å²) in [5.41, 5.74) is 3.36. The number of likely N-dealkylation sites (N-methyl/N-ethyl adjacent to an activating group) is 1. The molecule has 1 unspecified atom stereocenters. The number of benzene rings is 1. The Bertz CT molecular complexity index is 664. The maximum Gasteiger partial charge on any atom is 0.227 e. The fourth-order valence-corrected chi connectivity index (χ4v) is 4.59. The van der Waals surface area contributed by atoms with E-state index < -0.39 is 9.84 Å². The molecule has 0 radical (unpaired) electrons. The molecular formula is C17H25NO3S. The molecule has 1 amide bonds. The average molecular weight is 323 g/mol. The Morgan fingerprint density at radius 1 is 1.36 bits per heavy atom. The van der Waals surface area contributed by atoms with Crippen LogP contribution < -0.4 is 0 Å². The van der Waals surface area contributed by atoms with E-state index >= 15 is 0 Å². The van der Waals surface area contributed by atoms with E-state index in [9.17, 15) is 13.2 Å². The Morgan fingerprint density at radius 2 is 2.05 bits per heavy atom. The van der Waals surface area contributed by atoms with Gasteiger partial charge in [-0.3, -0.25) is 4.79 Å². The number of carbonyl (C=O) groups excluding carboxylic acids is 1. The lowest BCUT2D eigenvalue weighted by molar-refractivity contribution is -0.130. The molecule has 2 rings (SSSR count). The fourth-order valence-electron chi connectivity index (χ4n) is 2.81. The standard InChI is InChI=1S/C17H25NO3S/c1-12(2)14-6-5-13(3)15(9-14)10-17(19)18(4)16-7-8-22(20,21)11-16/h5-6,9,12,16H,7-8,10-11H2,1-4H3. The molecular weight excluding hydrogens is 298 g/mol. The first-order valence-corrected chi connectivity index (χ1v) is 9.57. The summed E-state index contributed by atoms with van der Waals surface area (Å²) >= 11 is 0. The third kappa shape index (κ3) is 3.88. The first kappa shape index (κ1) is 17.0. The van der Waals surface area contributed by atoms with Crippen molar-refractivity contribution in [1.82, 2.24) is 4.90 Å². The number of sulfone groups is 1. The van der Waals surface area contributed by atoms with Gasteiger partial charge in [-0.15, -0.1) is 0 Å². The van der Waals surface area contributed by atoms with Crippen LogP contribution in [0, 0.1) is 6.92 Å². The smallest absolute Gasteiger partial charge is 0.227 e. The van der Waals surface area contributed by atoms with E-state index in [1.807, 2.05) is 6.92 Å². The van der Waals surface area contributed by atoms with Crippen LogP contribution in [0.4, 0.5) is 0 Å². The minimum absolute atomic E-state index is 0.00824. The van der Waals surface area contributed by atoms with Crippen molar-refractivity contribution in [2.75, 3.05) is 18.6 Å². The highest BCUT2D eigenvalue weighted by Crippen LogP contribution is 2.21. The van der Waals surface area contributed by atoms with Gasteiger partial charge in [0.15, 0.2) is 9.84 Å². The lowest BCUT2D eigenvalue weighted by Gasteiger charge is -2.24. The van der Waals surface area contributed by atoms with E-state index in [0.717, 1.165) is 11.1 Å². The van der Waals surface area contributed by atoms with E-state index in [-0.39, 0.29) is 23.5 Å². The number of rotatable bonds is 4. The molecule has 122 valence electrons. The van der Waals surface area contributed by atoms with Crippen molar-refractivity contribution in [1.29, 1.82) is 0 Å². The minimum atomic E-state index is -2.97. The minimum Gasteiger partial charge on any atom is -0.341 e. The SMILES string of the molecule is Cc1ccc(C(C)C)cc1CC(=O)N(C)C1CCS(=O)(=O)C1. The number of amides is 1. The molecule has 1 aromatic carbocycles. The van der Waals surface area contributed by atoms with Gasteiger partial charge in [0.05, 0.1) is 17.9 Å². The second kappa shape index (κ2) is 6.41. The fraction of sp³-hybridized carbons (Fsp3) is 0.588. The van der Waals surface area contributed by atoms with E-state index in [0.29, 0.717) is 18.8 Å². The molecule has 1 aliphatic rings. The van der Waals surface area contributed by atoms with Crippen LogP contribution >= 0.6 is 0 Å². The molecule has 22 heavy (non-hydrogen) atoms. The molecule has 4 nitrogen and oxygen atoms in total. The summed E-state index contributed by atoms with van der Waals surface area (Å²) < 4.78 is 23.1. The summed E-state index contributed by atoms with van der Waals surface area (Å²) in [6.07, 6.45) is 0.884. The van der Waals surface area contributed by atoms with Gasteiger partial charge in [-0.2, -0.15) is 0 Å². The second-order valence-corrected chi connectivity index (χ2v) is 8.81. The van der Waals surface area contributed by atoms with Crippen molar-refractivity contribution >= 4 is 15.7 Å².